The van der Waals surface area contributed by atoms with E-state index in [9.17, 15) is 20.4 Å². The molecule has 0 saturated carbocycles. The summed E-state index contributed by atoms with van der Waals surface area (Å²) in [7, 11) is -19.8. The average molecular weight is 1620 g/mol. The zero-order valence-corrected chi connectivity index (χ0v) is 56.4. The van der Waals surface area contributed by atoms with Crippen LogP contribution in [0.5, 0.6) is 0 Å². The summed E-state index contributed by atoms with van der Waals surface area (Å²) in [5.41, 5.74) is 9.31. The second kappa shape index (κ2) is 48.3. The molecule has 4 radical (unpaired) electrons. The van der Waals surface area contributed by atoms with Gasteiger partial charge < -0.3 is 20.4 Å². The average Bonchev–Trinajstić information content (AvgIpc) is 1.67. The Bertz CT molecular complexity index is 3200. The molecule has 0 aliphatic heterocycles. The van der Waals surface area contributed by atoms with Crippen LogP contribution in [0.1, 0.15) is 96.0 Å². The summed E-state index contributed by atoms with van der Waals surface area (Å²) >= 11 is 0. The SMILES string of the molecule is C/C(=N\N=C(/[O-])c1cc(C)[nH]n1)c1ccccn1.C/C(=N\N=C(/[O-])c1cc(C)[nH]n1)c1ccccn1.C/C(=N\N=C(/[O-])c1cc(C)[nH]n1)c1ccccn1.C/C(=N\N=C(/[O-])c1cc(C)[nH]n1)c1ccccn1.[Cu+2].[Cu+2].[Cu+2].[Cu+2].[O-][Cl+3]([O-])([O-])[O-].[O-][Cl+3]([O-])([O-])[O-].[O-][Cl+3]([O-])([O-])[O-].[O-][Cl+3]([O-])([O-])[O-]. The van der Waals surface area contributed by atoms with Crippen LogP contribution in [0.2, 0.25) is 0 Å². The van der Waals surface area contributed by atoms with E-state index in [0.29, 0.717) is 45.6 Å². The van der Waals surface area contributed by atoms with E-state index in [4.69, 9.17) is 74.5 Å². The van der Waals surface area contributed by atoms with Gasteiger partial charge in [0, 0.05) is 71.2 Å². The van der Waals surface area contributed by atoms with Crippen molar-refractivity contribution in [1.29, 1.82) is 0 Å². The fourth-order valence-electron chi connectivity index (χ4n) is 5.31. The molecule has 0 bridgehead atoms. The smallest absolute Gasteiger partial charge is 0.856 e. The second-order valence-corrected chi connectivity index (χ2v) is 19.5. The Labute approximate surface area is 593 Å². The van der Waals surface area contributed by atoms with Gasteiger partial charge in [-0.05, 0) is 128 Å². The van der Waals surface area contributed by atoms with Gasteiger partial charge in [0.2, 0.25) is 0 Å². The number of rotatable bonds is 12. The van der Waals surface area contributed by atoms with Crippen LogP contribution >= 0.6 is 0 Å². The number of hydrogen-bond donors (Lipinski definition) is 4. The molecule has 48 heteroatoms. The molecule has 0 amide bonds. The van der Waals surface area contributed by atoms with Gasteiger partial charge in [-0.3, -0.25) is 40.3 Å². The molecule has 532 valence electrons. The molecule has 0 aromatic carbocycles. The van der Waals surface area contributed by atoms with E-state index in [2.05, 4.69) is 102 Å². The van der Waals surface area contributed by atoms with E-state index < -0.39 is 64.6 Å². The quantitative estimate of drug-likeness (QED) is 0.0382. The molecular weight excluding hydrogens is 1570 g/mol. The number of aromatic amines is 4. The molecule has 40 nitrogen and oxygen atoms in total. The van der Waals surface area contributed by atoms with Crippen molar-refractivity contribution in [1.82, 2.24) is 60.7 Å². The van der Waals surface area contributed by atoms with Gasteiger partial charge >= 0.3 is 68.3 Å². The number of hydrogen-bond acceptors (Lipinski definition) is 36. The number of nitrogens with one attached hydrogen (secondary N) is 4. The van der Waals surface area contributed by atoms with Gasteiger partial charge in [0.1, 0.15) is 0 Å². The molecule has 4 N–H and O–H groups in total. The summed E-state index contributed by atoms with van der Waals surface area (Å²) in [5.74, 6) is -1.91. The Balaban J connectivity index is -0.000000529. The molecule has 8 heterocycles. The molecular formula is C48H48Cl4Cu4N20O20. The number of H-pyrrole nitrogens is 4. The normalized spacial score (nSPS) is 12.1. The molecule has 0 spiro atoms. The van der Waals surface area contributed by atoms with Crippen LogP contribution in [0.4, 0.5) is 0 Å². The van der Waals surface area contributed by atoms with Gasteiger partial charge in [-0.25, -0.2) is 74.5 Å². The van der Waals surface area contributed by atoms with Gasteiger partial charge in [-0.2, -0.15) is 61.2 Å². The largest absolute Gasteiger partial charge is 2.00 e. The van der Waals surface area contributed by atoms with Gasteiger partial charge in [0.05, 0.1) is 68.4 Å². The third-order valence-corrected chi connectivity index (χ3v) is 9.01. The van der Waals surface area contributed by atoms with E-state index >= 15 is 0 Å². The first-order valence-electron chi connectivity index (χ1n) is 24.1. The fraction of sp³-hybridized carbons (Fsp3) is 0.167. The van der Waals surface area contributed by atoms with Gasteiger partial charge in [0.25, 0.3) is 0 Å². The van der Waals surface area contributed by atoms with Crippen molar-refractivity contribution in [3.8, 4) is 0 Å². The zero-order chi connectivity index (χ0) is 69.8. The molecule has 0 atom stereocenters. The van der Waals surface area contributed by atoms with Gasteiger partial charge in [-0.15, -0.1) is 41.0 Å². The molecule has 8 rings (SSSR count). The van der Waals surface area contributed by atoms with Gasteiger partial charge in [-0.1, -0.05) is 24.3 Å². The van der Waals surface area contributed by atoms with Gasteiger partial charge in [0.15, 0.2) is 0 Å². The van der Waals surface area contributed by atoms with E-state index in [-0.39, 0.29) is 91.1 Å². The number of aryl methyl sites for hydroxylation is 4. The molecule has 0 saturated heterocycles. The molecule has 0 unspecified atom stereocenters. The topological polar surface area (TPSA) is 726 Å². The molecule has 8 aromatic rings. The predicted octanol–water partition coefficient (Wildman–Crippen LogP) is -16.5. The second-order valence-electron chi connectivity index (χ2n) is 16.5. The van der Waals surface area contributed by atoms with Crippen molar-refractivity contribution in [3.05, 3.63) is 190 Å². The Kier molecular flexibility index (Phi) is 47.8. The van der Waals surface area contributed by atoms with Crippen molar-refractivity contribution in [3.63, 3.8) is 0 Å². The summed E-state index contributed by atoms with van der Waals surface area (Å²) in [5, 5.41) is 102. The summed E-state index contributed by atoms with van der Waals surface area (Å²) in [6.07, 6.45) is 6.64. The molecule has 0 aliphatic rings. The van der Waals surface area contributed by atoms with Crippen molar-refractivity contribution < 1.29 is 204 Å². The minimum absolute atomic E-state index is 0. The molecule has 8 aromatic heterocycles. The minimum atomic E-state index is -4.94. The number of nitrogens with zero attached hydrogens (tertiary/aromatic N) is 16. The Morgan fingerprint density at radius 2 is 0.438 bits per heavy atom. The first-order valence-corrected chi connectivity index (χ1v) is 29.0. The third kappa shape index (κ3) is 50.0. The van der Waals surface area contributed by atoms with Crippen molar-refractivity contribution in [2.75, 3.05) is 0 Å². The van der Waals surface area contributed by atoms with E-state index in [1.54, 1.807) is 101 Å². The van der Waals surface area contributed by atoms with Crippen LogP contribution in [0.3, 0.4) is 0 Å². The van der Waals surface area contributed by atoms with Crippen LogP contribution in [0.25, 0.3) is 0 Å². The first kappa shape index (κ1) is 95.0. The molecule has 0 fully saturated rings. The number of aromatic nitrogens is 12. The van der Waals surface area contributed by atoms with E-state index in [1.807, 2.05) is 76.2 Å². The van der Waals surface area contributed by atoms with Crippen LogP contribution in [-0.4, -0.2) is 107 Å². The Morgan fingerprint density at radius 3 is 0.552 bits per heavy atom. The van der Waals surface area contributed by atoms with E-state index in [0.717, 1.165) is 22.8 Å². The predicted molar refractivity (Wildman–Crippen MR) is 265 cm³/mol. The van der Waals surface area contributed by atoms with Crippen LogP contribution < -0.4 is 95.0 Å². The fourth-order valence-corrected chi connectivity index (χ4v) is 5.31. The van der Waals surface area contributed by atoms with Crippen LogP contribution in [0.15, 0.2) is 163 Å². The standard InChI is InChI=1S/4C12H13N5O.4ClHO4.4Cu/c4*1-8-7-11(16-14-8)12(18)17-15-9(2)10-5-3-4-6-13-10;4*2-1(3,4)5;;;;/h4*3-7H,1-2H3,(H,14,16)(H,17,18);4*(H,2,3,4,5);;;;/q;;;;;;;;4*+2/p-8/b4*15-9+;;;;;;;;. The van der Waals surface area contributed by atoms with Crippen LogP contribution in [-0.2, 0) is 68.3 Å². The van der Waals surface area contributed by atoms with E-state index in [1.165, 1.54) is 0 Å². The summed E-state index contributed by atoms with van der Waals surface area (Å²) < 4.78 is 136. The number of halogens is 4. The maximum atomic E-state index is 11.6. The molecule has 96 heavy (non-hydrogen) atoms. The van der Waals surface area contributed by atoms with Crippen molar-refractivity contribution >= 4 is 46.4 Å². The Morgan fingerprint density at radius 1 is 0.281 bits per heavy atom. The zero-order valence-electron chi connectivity index (χ0n) is 49.6. The molecule has 0 aliphatic carbocycles. The monoisotopic (exact) mass is 1620 g/mol. The maximum Gasteiger partial charge on any atom is 2.00 e. The minimum Gasteiger partial charge on any atom is -0.856 e. The third-order valence-electron chi connectivity index (χ3n) is 9.01. The maximum absolute atomic E-state index is 11.6. The van der Waals surface area contributed by atoms with Crippen LogP contribution in [0, 0.1) is 68.7 Å². The van der Waals surface area contributed by atoms with Crippen molar-refractivity contribution in [2.24, 2.45) is 40.8 Å². The summed E-state index contributed by atoms with van der Waals surface area (Å²) in [4.78, 5) is 16.4. The summed E-state index contributed by atoms with van der Waals surface area (Å²) in [6, 6.07) is 28.3. The summed E-state index contributed by atoms with van der Waals surface area (Å²) in [6.45, 7) is 14.2. The number of pyridine rings is 4. The van der Waals surface area contributed by atoms with Crippen molar-refractivity contribution in [2.45, 2.75) is 55.4 Å². The first-order chi connectivity index (χ1) is 42.7. The Hall–Kier alpha value is -7.40.